The zero-order chi connectivity index (χ0) is 11.3. The highest BCUT2D eigenvalue weighted by Gasteiger charge is 2.12. The van der Waals surface area contributed by atoms with E-state index in [0.29, 0.717) is 5.69 Å². The van der Waals surface area contributed by atoms with Crippen LogP contribution in [0.5, 0.6) is 0 Å². The van der Waals surface area contributed by atoms with E-state index in [4.69, 9.17) is 10.9 Å². The fraction of sp³-hybridized carbons (Fsp3) is 0.125. The van der Waals surface area contributed by atoms with Crippen LogP contribution in [0.4, 0.5) is 5.69 Å². The predicted molar refractivity (Wildman–Crippen MR) is 57.3 cm³/mol. The van der Waals surface area contributed by atoms with E-state index in [1.807, 2.05) is 0 Å². The van der Waals surface area contributed by atoms with Gasteiger partial charge in [-0.15, -0.1) is 0 Å². The highest BCUT2D eigenvalue weighted by molar-refractivity contribution is 7.93. The summed E-state index contributed by atoms with van der Waals surface area (Å²) in [7, 11) is -3.61. The van der Waals surface area contributed by atoms with E-state index in [2.05, 4.69) is 9.88 Å². The Morgan fingerprint density at radius 2 is 2.00 bits per heavy atom. The van der Waals surface area contributed by atoms with Crippen molar-refractivity contribution in [2.24, 2.45) is 10.9 Å². The number of rotatable bonds is 4. The van der Waals surface area contributed by atoms with E-state index in [1.54, 1.807) is 30.3 Å². The minimum atomic E-state index is -3.61. The van der Waals surface area contributed by atoms with Gasteiger partial charge in [-0.1, -0.05) is 23.4 Å². The van der Waals surface area contributed by atoms with Gasteiger partial charge in [0, 0.05) is 5.69 Å². The molecule has 0 saturated carbocycles. The van der Waals surface area contributed by atoms with Crippen molar-refractivity contribution < 1.29 is 13.6 Å². The number of nitrogens with zero attached hydrogens (tertiary/aromatic N) is 1. The number of sulfonamides is 1. The fourth-order valence-electron chi connectivity index (χ4n) is 0.945. The average molecular weight is 229 g/mol. The second-order valence-corrected chi connectivity index (χ2v) is 4.54. The van der Waals surface area contributed by atoms with E-state index in [0.717, 1.165) is 0 Å². The number of nitrogens with two attached hydrogens (primary N) is 1. The number of hydrogen-bond acceptors (Lipinski definition) is 4. The van der Waals surface area contributed by atoms with E-state index in [9.17, 15) is 8.42 Å². The zero-order valence-electron chi connectivity index (χ0n) is 7.79. The fourth-order valence-corrected chi connectivity index (χ4v) is 1.96. The Hall–Kier alpha value is -1.76. The van der Waals surface area contributed by atoms with Gasteiger partial charge in [0.15, 0.2) is 5.84 Å². The van der Waals surface area contributed by atoms with Crippen LogP contribution in [0.3, 0.4) is 0 Å². The molecule has 0 bridgehead atoms. The summed E-state index contributed by atoms with van der Waals surface area (Å²) < 4.78 is 25.1. The van der Waals surface area contributed by atoms with Crippen molar-refractivity contribution in [2.45, 2.75) is 0 Å². The zero-order valence-corrected chi connectivity index (χ0v) is 8.61. The highest BCUT2D eigenvalue weighted by Crippen LogP contribution is 2.07. The van der Waals surface area contributed by atoms with Gasteiger partial charge >= 0.3 is 0 Å². The predicted octanol–water partition coefficient (Wildman–Crippen LogP) is 0.175. The lowest BCUT2D eigenvalue weighted by molar-refractivity contribution is 0.318. The molecule has 0 aliphatic rings. The summed E-state index contributed by atoms with van der Waals surface area (Å²) >= 11 is 0. The molecule has 0 aliphatic carbocycles. The van der Waals surface area contributed by atoms with Crippen LogP contribution < -0.4 is 10.5 Å². The third-order valence-corrected chi connectivity index (χ3v) is 2.74. The first-order chi connectivity index (χ1) is 7.03. The minimum absolute atomic E-state index is 0.363. The minimum Gasteiger partial charge on any atom is -0.409 e. The summed E-state index contributed by atoms with van der Waals surface area (Å²) in [5, 5.41) is 10.8. The monoisotopic (exact) mass is 229 g/mol. The molecule has 0 saturated heterocycles. The summed E-state index contributed by atoms with van der Waals surface area (Å²) in [6.45, 7) is 0. The van der Waals surface area contributed by atoms with Gasteiger partial charge < -0.3 is 10.9 Å². The first-order valence-corrected chi connectivity index (χ1v) is 5.70. The van der Waals surface area contributed by atoms with Gasteiger partial charge in [-0.25, -0.2) is 8.42 Å². The Labute approximate surface area is 87.5 Å². The summed E-state index contributed by atoms with van der Waals surface area (Å²) in [4.78, 5) is 0. The van der Waals surface area contributed by atoms with Gasteiger partial charge in [0.1, 0.15) is 5.75 Å². The molecule has 0 fully saturated rings. The smallest absolute Gasteiger partial charge is 0.240 e. The first kappa shape index (κ1) is 11.3. The van der Waals surface area contributed by atoms with E-state index >= 15 is 0 Å². The van der Waals surface area contributed by atoms with Gasteiger partial charge in [0.25, 0.3) is 0 Å². The van der Waals surface area contributed by atoms with E-state index in [-0.39, 0.29) is 5.84 Å². The van der Waals surface area contributed by atoms with Crippen LogP contribution in [-0.2, 0) is 10.0 Å². The molecule has 0 aliphatic heterocycles. The number of benzene rings is 1. The highest BCUT2D eigenvalue weighted by atomic mass is 32.2. The second kappa shape index (κ2) is 4.65. The molecule has 0 heterocycles. The number of para-hydroxylation sites is 1. The molecule has 1 aromatic rings. The first-order valence-electron chi connectivity index (χ1n) is 4.05. The Balaban J connectivity index is 2.74. The summed E-state index contributed by atoms with van der Waals surface area (Å²) in [6, 6.07) is 8.36. The molecular weight excluding hydrogens is 218 g/mol. The maximum Gasteiger partial charge on any atom is 0.240 e. The lowest BCUT2D eigenvalue weighted by Crippen LogP contribution is -2.28. The van der Waals surface area contributed by atoms with Crippen molar-refractivity contribution >= 4 is 21.5 Å². The maximum atomic E-state index is 11.4. The largest absolute Gasteiger partial charge is 0.409 e. The Bertz CT molecular complexity index is 441. The molecule has 0 radical (unpaired) electrons. The van der Waals surface area contributed by atoms with Crippen molar-refractivity contribution in [3.8, 4) is 0 Å². The van der Waals surface area contributed by atoms with E-state index < -0.39 is 15.8 Å². The molecule has 6 nitrogen and oxygen atoms in total. The molecule has 15 heavy (non-hydrogen) atoms. The molecule has 0 amide bonds. The van der Waals surface area contributed by atoms with Crippen LogP contribution in [0, 0.1) is 0 Å². The molecule has 0 atom stereocenters. The SMILES string of the molecule is NC(CS(=O)(=O)Nc1ccccc1)=NO. The number of amidine groups is 1. The number of oxime groups is 1. The van der Waals surface area contributed by atoms with Gasteiger partial charge in [-0.05, 0) is 12.1 Å². The van der Waals surface area contributed by atoms with Crippen molar-refractivity contribution in [3.05, 3.63) is 30.3 Å². The van der Waals surface area contributed by atoms with Crippen molar-refractivity contribution in [1.29, 1.82) is 0 Å². The molecule has 82 valence electrons. The van der Waals surface area contributed by atoms with Crippen LogP contribution in [0.15, 0.2) is 35.5 Å². The van der Waals surface area contributed by atoms with Crippen LogP contribution >= 0.6 is 0 Å². The summed E-state index contributed by atoms with van der Waals surface area (Å²) in [5.41, 5.74) is 5.53. The lowest BCUT2D eigenvalue weighted by atomic mass is 10.3. The van der Waals surface area contributed by atoms with Gasteiger partial charge in [-0.3, -0.25) is 4.72 Å². The summed E-state index contributed by atoms with van der Waals surface area (Å²) in [6.07, 6.45) is 0. The third-order valence-electron chi connectivity index (χ3n) is 1.51. The second-order valence-electron chi connectivity index (χ2n) is 2.82. The molecule has 0 unspecified atom stereocenters. The Kier molecular flexibility index (Phi) is 3.51. The van der Waals surface area contributed by atoms with Gasteiger partial charge in [-0.2, -0.15) is 0 Å². The molecule has 1 aromatic carbocycles. The van der Waals surface area contributed by atoms with Crippen molar-refractivity contribution in [1.82, 2.24) is 0 Å². The lowest BCUT2D eigenvalue weighted by Gasteiger charge is -2.06. The van der Waals surface area contributed by atoms with Crippen LogP contribution in [0.25, 0.3) is 0 Å². The van der Waals surface area contributed by atoms with Crippen LogP contribution in [0.1, 0.15) is 0 Å². The van der Waals surface area contributed by atoms with Gasteiger partial charge in [0.2, 0.25) is 10.0 Å². The topological polar surface area (TPSA) is 105 Å². The number of hydrogen-bond donors (Lipinski definition) is 3. The van der Waals surface area contributed by atoms with Crippen molar-refractivity contribution in [3.63, 3.8) is 0 Å². The molecule has 4 N–H and O–H groups in total. The quantitative estimate of drug-likeness (QED) is 0.296. The maximum absolute atomic E-state index is 11.4. The van der Waals surface area contributed by atoms with Crippen LogP contribution in [0.2, 0.25) is 0 Å². The third kappa shape index (κ3) is 3.86. The molecular formula is C8H11N3O3S. The molecule has 0 spiro atoms. The standard InChI is InChI=1S/C8H11N3O3S/c9-8(10-12)6-15(13,14)11-7-4-2-1-3-5-7/h1-5,11-12H,6H2,(H2,9,10). The normalized spacial score (nSPS) is 12.4. The summed E-state index contributed by atoms with van der Waals surface area (Å²) in [5.74, 6) is -0.906. The Morgan fingerprint density at radius 3 is 2.53 bits per heavy atom. The number of nitrogens with one attached hydrogen (secondary N) is 1. The average Bonchev–Trinajstić information content (AvgIpc) is 2.17. The van der Waals surface area contributed by atoms with Gasteiger partial charge in [0.05, 0.1) is 0 Å². The van der Waals surface area contributed by atoms with Crippen molar-refractivity contribution in [2.75, 3.05) is 10.5 Å². The molecule has 7 heteroatoms. The van der Waals surface area contributed by atoms with Crippen LogP contribution in [-0.4, -0.2) is 25.2 Å². The number of anilines is 1. The molecule has 1 rings (SSSR count). The van der Waals surface area contributed by atoms with E-state index in [1.165, 1.54) is 0 Å². The Morgan fingerprint density at radius 1 is 1.40 bits per heavy atom. The molecule has 0 aromatic heterocycles.